The van der Waals surface area contributed by atoms with Crippen LogP contribution in [0.3, 0.4) is 0 Å². The molecular weight excluding hydrogens is 344 g/mol. The summed E-state index contributed by atoms with van der Waals surface area (Å²) in [6, 6.07) is 5.87. The number of amides is 3. The monoisotopic (exact) mass is 372 g/mol. The summed E-state index contributed by atoms with van der Waals surface area (Å²) in [4.78, 5) is 43.2. The van der Waals surface area contributed by atoms with Gasteiger partial charge in [-0.25, -0.2) is 0 Å². The van der Waals surface area contributed by atoms with Gasteiger partial charge >= 0.3 is 0 Å². The van der Waals surface area contributed by atoms with Gasteiger partial charge in [0.15, 0.2) is 0 Å². The molecule has 27 heavy (non-hydrogen) atoms. The van der Waals surface area contributed by atoms with Gasteiger partial charge in [-0.3, -0.25) is 19.3 Å². The second-order valence-corrected chi connectivity index (χ2v) is 7.12. The fourth-order valence-corrected chi connectivity index (χ4v) is 3.67. The molecular formula is C20H28N4O3. The molecule has 0 spiro atoms. The average Bonchev–Trinajstić information content (AvgIpc) is 2.95. The zero-order valence-electron chi connectivity index (χ0n) is 16.1. The van der Waals surface area contributed by atoms with Gasteiger partial charge < -0.3 is 15.1 Å². The van der Waals surface area contributed by atoms with Crippen molar-refractivity contribution >= 4 is 17.7 Å². The molecule has 7 nitrogen and oxygen atoms in total. The highest BCUT2D eigenvalue weighted by Gasteiger charge is 2.40. The Bertz CT molecular complexity index is 678. The molecule has 1 atom stereocenters. The van der Waals surface area contributed by atoms with E-state index < -0.39 is 17.9 Å². The fourth-order valence-electron chi connectivity index (χ4n) is 3.67. The summed E-state index contributed by atoms with van der Waals surface area (Å²) in [7, 11) is 0. The van der Waals surface area contributed by atoms with Crippen LogP contribution in [0.25, 0.3) is 0 Å². The van der Waals surface area contributed by atoms with Crippen LogP contribution in [0.5, 0.6) is 0 Å². The van der Waals surface area contributed by atoms with Gasteiger partial charge in [0.25, 0.3) is 11.8 Å². The fraction of sp³-hybridized carbons (Fsp3) is 0.550. The van der Waals surface area contributed by atoms with E-state index in [0.717, 1.165) is 50.6 Å². The van der Waals surface area contributed by atoms with Crippen molar-refractivity contribution in [2.75, 3.05) is 45.8 Å². The Labute approximate surface area is 160 Å². The van der Waals surface area contributed by atoms with E-state index in [1.807, 2.05) is 0 Å². The number of fused-ring (bicyclic) bond motifs is 1. The Morgan fingerprint density at radius 2 is 1.59 bits per heavy atom. The highest BCUT2D eigenvalue weighted by Crippen LogP contribution is 2.24. The number of carbonyl (C=O) groups excluding carboxylic acids is 3. The average molecular weight is 372 g/mol. The lowest BCUT2D eigenvalue weighted by atomic mass is 10.1. The summed E-state index contributed by atoms with van der Waals surface area (Å²) in [6.07, 6.45) is 0.854. The molecule has 0 bridgehead atoms. The molecule has 7 heteroatoms. The van der Waals surface area contributed by atoms with E-state index in [0.29, 0.717) is 17.7 Å². The first-order chi connectivity index (χ1) is 13.0. The van der Waals surface area contributed by atoms with Crippen LogP contribution in [0.15, 0.2) is 24.3 Å². The molecule has 1 unspecified atom stereocenters. The van der Waals surface area contributed by atoms with Crippen molar-refractivity contribution in [3.05, 3.63) is 35.4 Å². The van der Waals surface area contributed by atoms with Crippen LogP contribution >= 0.6 is 0 Å². The maximum Gasteiger partial charge on any atom is 0.262 e. The number of rotatable bonds is 7. The van der Waals surface area contributed by atoms with Crippen LogP contribution in [0.2, 0.25) is 0 Å². The smallest absolute Gasteiger partial charge is 0.262 e. The molecule has 1 aromatic rings. The third-order valence-electron chi connectivity index (χ3n) is 5.45. The number of hydrogen-bond acceptors (Lipinski definition) is 5. The first kappa shape index (κ1) is 19.5. The van der Waals surface area contributed by atoms with Crippen LogP contribution in [0.1, 0.15) is 41.0 Å². The summed E-state index contributed by atoms with van der Waals surface area (Å²) in [5, 5.41) is 2.86. The van der Waals surface area contributed by atoms with E-state index in [2.05, 4.69) is 22.0 Å². The number of piperazine rings is 1. The number of likely N-dealkylation sites (N-methyl/N-ethyl adjacent to an activating group) is 1. The van der Waals surface area contributed by atoms with Crippen molar-refractivity contribution in [1.82, 2.24) is 20.0 Å². The predicted octanol–water partition coefficient (Wildman–Crippen LogP) is 0.815. The molecule has 1 aromatic carbocycles. The maximum absolute atomic E-state index is 12.5. The molecule has 0 aliphatic carbocycles. The second kappa shape index (κ2) is 8.63. The van der Waals surface area contributed by atoms with Crippen molar-refractivity contribution in [2.24, 2.45) is 0 Å². The van der Waals surface area contributed by atoms with Gasteiger partial charge in [-0.15, -0.1) is 0 Å². The molecule has 0 aromatic heterocycles. The number of nitrogens with one attached hydrogen (secondary N) is 1. The maximum atomic E-state index is 12.5. The Kier molecular flexibility index (Phi) is 6.23. The minimum absolute atomic E-state index is 0.291. The SMILES string of the molecule is CCN1CCN(CCCNC(=O)C(C)N2C(=O)c3ccccc3C2=O)CC1. The predicted molar refractivity (Wildman–Crippen MR) is 103 cm³/mol. The van der Waals surface area contributed by atoms with Crippen molar-refractivity contribution < 1.29 is 14.4 Å². The van der Waals surface area contributed by atoms with Gasteiger partial charge in [0.1, 0.15) is 6.04 Å². The third-order valence-corrected chi connectivity index (χ3v) is 5.45. The second-order valence-electron chi connectivity index (χ2n) is 7.12. The standard InChI is InChI=1S/C20H28N4O3/c1-3-22-11-13-23(14-12-22)10-6-9-21-18(25)15(2)24-19(26)16-7-4-5-8-17(16)20(24)27/h4-5,7-8,15H,3,6,9-14H2,1-2H3,(H,21,25). The molecule has 0 radical (unpaired) electrons. The third kappa shape index (κ3) is 4.20. The van der Waals surface area contributed by atoms with Crippen molar-refractivity contribution in [3.8, 4) is 0 Å². The summed E-state index contributed by atoms with van der Waals surface area (Å²) < 4.78 is 0. The zero-order valence-corrected chi connectivity index (χ0v) is 16.1. The molecule has 1 saturated heterocycles. The van der Waals surface area contributed by atoms with Gasteiger partial charge in [-0.1, -0.05) is 19.1 Å². The van der Waals surface area contributed by atoms with Crippen LogP contribution < -0.4 is 5.32 Å². The Hall–Kier alpha value is -2.25. The first-order valence-corrected chi connectivity index (χ1v) is 9.72. The normalized spacial score (nSPS) is 19.3. The van der Waals surface area contributed by atoms with Gasteiger partial charge in [-0.2, -0.15) is 0 Å². The van der Waals surface area contributed by atoms with Crippen LogP contribution in [-0.4, -0.2) is 84.3 Å². The summed E-state index contributed by atoms with van der Waals surface area (Å²) in [5.74, 6) is -1.08. The lowest BCUT2D eigenvalue weighted by Gasteiger charge is -2.34. The van der Waals surface area contributed by atoms with Crippen molar-refractivity contribution in [2.45, 2.75) is 26.3 Å². The lowest BCUT2D eigenvalue weighted by Crippen LogP contribution is -2.49. The molecule has 2 aliphatic heterocycles. The first-order valence-electron chi connectivity index (χ1n) is 9.72. The largest absolute Gasteiger partial charge is 0.354 e. The zero-order chi connectivity index (χ0) is 19.4. The molecule has 146 valence electrons. The molecule has 3 amide bonds. The van der Waals surface area contributed by atoms with Crippen LogP contribution in [0, 0.1) is 0 Å². The van der Waals surface area contributed by atoms with Crippen LogP contribution in [-0.2, 0) is 4.79 Å². The molecule has 2 aliphatic rings. The van der Waals surface area contributed by atoms with E-state index in [4.69, 9.17) is 0 Å². The number of benzene rings is 1. The van der Waals surface area contributed by atoms with Gasteiger partial charge in [-0.05, 0) is 38.6 Å². The minimum atomic E-state index is -0.814. The molecule has 3 rings (SSSR count). The van der Waals surface area contributed by atoms with E-state index >= 15 is 0 Å². The number of nitrogens with zero attached hydrogens (tertiary/aromatic N) is 3. The van der Waals surface area contributed by atoms with Crippen molar-refractivity contribution in [3.63, 3.8) is 0 Å². The summed E-state index contributed by atoms with van der Waals surface area (Å²) in [6.45, 7) is 10.7. The lowest BCUT2D eigenvalue weighted by molar-refractivity contribution is -0.124. The Morgan fingerprint density at radius 1 is 1.04 bits per heavy atom. The van der Waals surface area contributed by atoms with Gasteiger partial charge in [0.2, 0.25) is 5.91 Å². The number of carbonyl (C=O) groups is 3. The van der Waals surface area contributed by atoms with Gasteiger partial charge in [0.05, 0.1) is 11.1 Å². The quantitative estimate of drug-likeness (QED) is 0.567. The summed E-state index contributed by atoms with van der Waals surface area (Å²) in [5.41, 5.74) is 0.738. The summed E-state index contributed by atoms with van der Waals surface area (Å²) >= 11 is 0. The van der Waals surface area contributed by atoms with E-state index in [-0.39, 0.29) is 5.91 Å². The van der Waals surface area contributed by atoms with Crippen molar-refractivity contribution in [1.29, 1.82) is 0 Å². The van der Waals surface area contributed by atoms with E-state index in [1.165, 1.54) is 0 Å². The van der Waals surface area contributed by atoms with Crippen LogP contribution in [0.4, 0.5) is 0 Å². The number of imide groups is 1. The van der Waals surface area contributed by atoms with E-state index in [9.17, 15) is 14.4 Å². The van der Waals surface area contributed by atoms with E-state index in [1.54, 1.807) is 31.2 Å². The topological polar surface area (TPSA) is 73.0 Å². The highest BCUT2D eigenvalue weighted by atomic mass is 16.2. The van der Waals surface area contributed by atoms with Gasteiger partial charge in [0, 0.05) is 32.7 Å². The molecule has 2 heterocycles. The Morgan fingerprint density at radius 3 is 2.15 bits per heavy atom. The molecule has 1 N–H and O–H groups in total. The molecule has 0 saturated carbocycles. The minimum Gasteiger partial charge on any atom is -0.354 e. The Balaban J connectivity index is 1.44. The number of hydrogen-bond donors (Lipinski definition) is 1. The molecule has 1 fully saturated rings. The highest BCUT2D eigenvalue weighted by molar-refractivity contribution is 6.22.